The van der Waals surface area contributed by atoms with Crippen LogP contribution >= 0.6 is 11.6 Å². The fourth-order valence-electron chi connectivity index (χ4n) is 3.17. The summed E-state index contributed by atoms with van der Waals surface area (Å²) in [7, 11) is 0. The molecule has 1 heterocycles. The van der Waals surface area contributed by atoms with Crippen LogP contribution in [0.4, 0.5) is 4.79 Å². The number of amides is 2. The van der Waals surface area contributed by atoms with Gasteiger partial charge in [0.1, 0.15) is 5.60 Å². The first kappa shape index (κ1) is 20.5. The van der Waals surface area contributed by atoms with Gasteiger partial charge < -0.3 is 19.5 Å². The molecule has 0 saturated heterocycles. The number of rotatable bonds is 6. The molecule has 0 unspecified atom stereocenters. The Morgan fingerprint density at radius 3 is 2.64 bits per heavy atom. The number of carbonyl (C=O) groups excluding carboxylic acids is 2. The van der Waals surface area contributed by atoms with Gasteiger partial charge in [0.05, 0.1) is 5.02 Å². The third kappa shape index (κ3) is 5.19. The van der Waals surface area contributed by atoms with Gasteiger partial charge in [-0.05, 0) is 45.2 Å². The van der Waals surface area contributed by atoms with Crippen LogP contribution in [0.2, 0.25) is 5.02 Å². The van der Waals surface area contributed by atoms with Crippen LogP contribution in [0.1, 0.15) is 46.1 Å². The molecule has 152 valence electrons. The monoisotopic (exact) mass is 405 g/mol. The van der Waals surface area contributed by atoms with Crippen LogP contribution in [-0.4, -0.2) is 39.7 Å². The maximum absolute atomic E-state index is 12.6. The predicted octanol–water partition coefficient (Wildman–Crippen LogP) is 4.33. The zero-order chi connectivity index (χ0) is 20.5. The summed E-state index contributed by atoms with van der Waals surface area (Å²) < 4.78 is 7.62. The van der Waals surface area contributed by atoms with Gasteiger partial charge >= 0.3 is 6.09 Å². The summed E-state index contributed by atoms with van der Waals surface area (Å²) >= 11 is 6.37. The number of carbonyl (C=O) groups is 2. The molecule has 1 aliphatic carbocycles. The average molecular weight is 406 g/mol. The minimum absolute atomic E-state index is 0.0549. The molecule has 1 saturated carbocycles. The number of benzene rings is 1. The van der Waals surface area contributed by atoms with Gasteiger partial charge in [-0.25, -0.2) is 4.79 Å². The lowest BCUT2D eigenvalue weighted by molar-refractivity contribution is -0.118. The number of halogens is 1. The predicted molar refractivity (Wildman–Crippen MR) is 110 cm³/mol. The van der Waals surface area contributed by atoms with Crippen LogP contribution in [0.25, 0.3) is 10.9 Å². The Morgan fingerprint density at radius 2 is 2.04 bits per heavy atom. The van der Waals surface area contributed by atoms with E-state index < -0.39 is 5.60 Å². The van der Waals surface area contributed by atoms with E-state index in [1.54, 1.807) is 0 Å². The number of hydrogen-bond donors (Lipinski definition) is 1. The molecule has 1 fully saturated rings. The second kappa shape index (κ2) is 8.03. The van der Waals surface area contributed by atoms with E-state index in [1.165, 1.54) is 6.92 Å². The number of nitrogens with zero attached hydrogens (tertiary/aromatic N) is 2. The van der Waals surface area contributed by atoms with Gasteiger partial charge in [-0.15, -0.1) is 0 Å². The van der Waals surface area contributed by atoms with Crippen molar-refractivity contribution in [1.82, 2.24) is 14.8 Å². The summed E-state index contributed by atoms with van der Waals surface area (Å²) in [4.78, 5) is 25.6. The summed E-state index contributed by atoms with van der Waals surface area (Å²) in [6.07, 6.45) is 3.64. The molecule has 28 heavy (non-hydrogen) atoms. The van der Waals surface area contributed by atoms with Gasteiger partial charge in [0, 0.05) is 49.7 Å². The Morgan fingerprint density at radius 1 is 1.32 bits per heavy atom. The van der Waals surface area contributed by atoms with E-state index >= 15 is 0 Å². The Labute approximate surface area is 170 Å². The first-order valence-corrected chi connectivity index (χ1v) is 10.0. The molecule has 0 bridgehead atoms. The molecular weight excluding hydrogens is 378 g/mol. The van der Waals surface area contributed by atoms with Crippen molar-refractivity contribution in [3.05, 3.63) is 35.0 Å². The van der Waals surface area contributed by atoms with Crippen molar-refractivity contribution < 1.29 is 14.3 Å². The van der Waals surface area contributed by atoms with Gasteiger partial charge in [0.2, 0.25) is 5.91 Å². The molecule has 0 spiro atoms. The number of hydrogen-bond acceptors (Lipinski definition) is 3. The van der Waals surface area contributed by atoms with Crippen LogP contribution in [0.5, 0.6) is 0 Å². The van der Waals surface area contributed by atoms with Crippen molar-refractivity contribution >= 4 is 34.5 Å². The second-order valence-electron chi connectivity index (χ2n) is 8.34. The van der Waals surface area contributed by atoms with E-state index in [-0.39, 0.29) is 18.0 Å². The highest BCUT2D eigenvalue weighted by atomic mass is 35.5. The van der Waals surface area contributed by atoms with Gasteiger partial charge in [-0.2, -0.15) is 0 Å². The summed E-state index contributed by atoms with van der Waals surface area (Å²) in [6, 6.07) is 6.31. The smallest absolute Gasteiger partial charge is 0.410 e. The summed E-state index contributed by atoms with van der Waals surface area (Å²) in [5.41, 5.74) is 1.51. The lowest BCUT2D eigenvalue weighted by Gasteiger charge is -2.27. The highest BCUT2D eigenvalue weighted by Gasteiger charge is 2.35. The van der Waals surface area contributed by atoms with Crippen molar-refractivity contribution in [2.45, 2.75) is 65.3 Å². The third-order valence-corrected chi connectivity index (χ3v) is 4.89. The van der Waals surface area contributed by atoms with E-state index in [9.17, 15) is 9.59 Å². The number of nitrogens with one attached hydrogen (secondary N) is 1. The van der Waals surface area contributed by atoms with E-state index in [1.807, 2.05) is 48.6 Å². The SMILES string of the molecule is CC(=O)NCCn1cc(Cl)c2ccc(CN(C(=O)OC(C)(C)C)C3CC3)cc21. The molecule has 2 aromatic rings. The van der Waals surface area contributed by atoms with E-state index in [0.29, 0.717) is 24.7 Å². The Balaban J connectivity index is 1.80. The van der Waals surface area contributed by atoms with E-state index in [4.69, 9.17) is 16.3 Å². The van der Waals surface area contributed by atoms with Crippen molar-refractivity contribution in [3.63, 3.8) is 0 Å². The summed E-state index contributed by atoms with van der Waals surface area (Å²) in [5.74, 6) is -0.0549. The van der Waals surface area contributed by atoms with Crippen LogP contribution < -0.4 is 5.32 Å². The van der Waals surface area contributed by atoms with Crippen molar-refractivity contribution in [2.75, 3.05) is 6.54 Å². The van der Waals surface area contributed by atoms with Crippen molar-refractivity contribution in [3.8, 4) is 0 Å². The fraction of sp³-hybridized carbons (Fsp3) is 0.524. The quantitative estimate of drug-likeness (QED) is 0.777. The number of ether oxygens (including phenoxy) is 1. The Bertz CT molecular complexity index is 881. The summed E-state index contributed by atoms with van der Waals surface area (Å²) in [5, 5.41) is 4.44. The zero-order valence-electron chi connectivity index (χ0n) is 16.9. The molecule has 2 amide bonds. The average Bonchev–Trinajstić information content (AvgIpc) is 3.36. The first-order chi connectivity index (χ1) is 13.1. The molecule has 6 nitrogen and oxygen atoms in total. The van der Waals surface area contributed by atoms with Crippen LogP contribution in [0.15, 0.2) is 24.4 Å². The fourth-order valence-corrected chi connectivity index (χ4v) is 3.45. The molecule has 0 atom stereocenters. The molecule has 3 rings (SSSR count). The Hall–Kier alpha value is -2.21. The maximum Gasteiger partial charge on any atom is 0.410 e. The maximum atomic E-state index is 12.6. The van der Waals surface area contributed by atoms with Crippen LogP contribution in [0.3, 0.4) is 0 Å². The second-order valence-corrected chi connectivity index (χ2v) is 8.75. The largest absolute Gasteiger partial charge is 0.444 e. The first-order valence-electron chi connectivity index (χ1n) is 9.65. The highest BCUT2D eigenvalue weighted by molar-refractivity contribution is 6.35. The standard InChI is InChI=1S/C21H28ClN3O3/c1-14(26)23-9-10-24-13-18(22)17-8-5-15(11-19(17)24)12-25(16-6-7-16)20(27)28-21(2,3)4/h5,8,11,13,16H,6-7,9-10,12H2,1-4H3,(H,23,26). The number of aromatic nitrogens is 1. The van der Waals surface area contributed by atoms with Gasteiger partial charge in [-0.1, -0.05) is 23.7 Å². The molecule has 1 aromatic heterocycles. The molecule has 1 N–H and O–H groups in total. The molecule has 1 aromatic carbocycles. The highest BCUT2D eigenvalue weighted by Crippen LogP contribution is 2.32. The lowest BCUT2D eigenvalue weighted by atomic mass is 10.1. The Kier molecular flexibility index (Phi) is 5.89. The van der Waals surface area contributed by atoms with Crippen molar-refractivity contribution in [2.24, 2.45) is 0 Å². The molecule has 1 aliphatic rings. The van der Waals surface area contributed by atoms with Gasteiger partial charge in [0.15, 0.2) is 0 Å². The van der Waals surface area contributed by atoms with Gasteiger partial charge in [-0.3, -0.25) is 4.79 Å². The lowest BCUT2D eigenvalue weighted by Crippen LogP contribution is -2.37. The molecule has 0 aliphatic heterocycles. The van der Waals surface area contributed by atoms with Crippen LogP contribution in [-0.2, 0) is 22.6 Å². The van der Waals surface area contributed by atoms with Gasteiger partial charge in [0.25, 0.3) is 0 Å². The molecule has 7 heteroatoms. The minimum Gasteiger partial charge on any atom is -0.444 e. The zero-order valence-corrected chi connectivity index (χ0v) is 17.7. The minimum atomic E-state index is -0.514. The van der Waals surface area contributed by atoms with Crippen molar-refractivity contribution in [1.29, 1.82) is 0 Å². The number of fused-ring (bicyclic) bond motifs is 1. The molecular formula is C21H28ClN3O3. The third-order valence-electron chi connectivity index (χ3n) is 4.59. The molecule has 0 radical (unpaired) electrons. The van der Waals surface area contributed by atoms with E-state index in [2.05, 4.69) is 11.4 Å². The summed E-state index contributed by atoms with van der Waals surface area (Å²) in [6.45, 7) is 8.81. The van der Waals surface area contributed by atoms with Crippen LogP contribution in [0, 0.1) is 0 Å². The normalized spacial score (nSPS) is 14.2. The van der Waals surface area contributed by atoms with E-state index in [0.717, 1.165) is 29.3 Å². The topological polar surface area (TPSA) is 63.6 Å².